The van der Waals surface area contributed by atoms with E-state index in [-0.39, 0.29) is 36.9 Å². The van der Waals surface area contributed by atoms with E-state index in [2.05, 4.69) is 4.72 Å². The SMILES string of the molecule is CCOC(=O)C1Cc2cc(S(=O)(=O)NCC(N)c3ccccc3)ccc2O1.Cl. The molecule has 1 heterocycles. The lowest BCUT2D eigenvalue weighted by Crippen LogP contribution is -2.32. The molecule has 7 nitrogen and oxygen atoms in total. The molecule has 2 aromatic carbocycles. The van der Waals surface area contributed by atoms with Gasteiger partial charge in [0.05, 0.1) is 11.5 Å². The van der Waals surface area contributed by atoms with Crippen molar-refractivity contribution in [3.63, 3.8) is 0 Å². The number of ether oxygens (including phenoxy) is 2. The lowest BCUT2D eigenvalue weighted by atomic mass is 10.1. The fraction of sp³-hybridized carbons (Fsp3) is 0.316. The molecule has 0 saturated heterocycles. The highest BCUT2D eigenvalue weighted by Gasteiger charge is 2.31. The van der Waals surface area contributed by atoms with Crippen LogP contribution >= 0.6 is 12.4 Å². The average molecular weight is 427 g/mol. The molecule has 9 heteroatoms. The predicted octanol–water partition coefficient (Wildman–Crippen LogP) is 1.95. The molecule has 0 bridgehead atoms. The quantitative estimate of drug-likeness (QED) is 0.655. The minimum atomic E-state index is -3.73. The van der Waals surface area contributed by atoms with Crippen molar-refractivity contribution in [2.24, 2.45) is 5.73 Å². The van der Waals surface area contributed by atoms with Gasteiger partial charge in [-0.25, -0.2) is 17.9 Å². The number of nitrogens with two attached hydrogens (primary N) is 1. The molecular weight excluding hydrogens is 404 g/mol. The molecule has 0 fully saturated rings. The van der Waals surface area contributed by atoms with Gasteiger partial charge in [0.1, 0.15) is 5.75 Å². The number of hydrogen-bond acceptors (Lipinski definition) is 6. The number of sulfonamides is 1. The molecule has 0 saturated carbocycles. The summed E-state index contributed by atoms with van der Waals surface area (Å²) in [4.78, 5) is 11.9. The molecule has 0 aliphatic carbocycles. The van der Waals surface area contributed by atoms with Gasteiger partial charge in [-0.15, -0.1) is 12.4 Å². The zero-order valence-corrected chi connectivity index (χ0v) is 17.0. The van der Waals surface area contributed by atoms with Crippen LogP contribution in [0.1, 0.15) is 24.1 Å². The third kappa shape index (κ3) is 5.02. The number of fused-ring (bicyclic) bond motifs is 1. The zero-order chi connectivity index (χ0) is 19.4. The van der Waals surface area contributed by atoms with Crippen molar-refractivity contribution in [3.8, 4) is 5.75 Å². The van der Waals surface area contributed by atoms with Crippen LogP contribution in [0.2, 0.25) is 0 Å². The lowest BCUT2D eigenvalue weighted by molar-refractivity contribution is -0.150. The van der Waals surface area contributed by atoms with Crippen molar-refractivity contribution in [1.29, 1.82) is 0 Å². The molecule has 28 heavy (non-hydrogen) atoms. The Bertz CT molecular complexity index is 921. The first-order valence-electron chi connectivity index (χ1n) is 8.67. The van der Waals surface area contributed by atoms with Gasteiger partial charge in [-0.05, 0) is 36.2 Å². The van der Waals surface area contributed by atoms with Crippen LogP contribution in [0, 0.1) is 0 Å². The number of carbonyl (C=O) groups excluding carboxylic acids is 1. The molecule has 0 spiro atoms. The second kappa shape index (κ2) is 9.38. The van der Waals surface area contributed by atoms with Gasteiger partial charge in [0.2, 0.25) is 10.0 Å². The molecule has 0 radical (unpaired) electrons. The normalized spacial score (nSPS) is 16.4. The highest BCUT2D eigenvalue weighted by molar-refractivity contribution is 7.89. The number of halogens is 1. The van der Waals surface area contributed by atoms with E-state index < -0.39 is 28.1 Å². The van der Waals surface area contributed by atoms with E-state index in [1.807, 2.05) is 30.3 Å². The summed E-state index contributed by atoms with van der Waals surface area (Å²) in [6, 6.07) is 13.3. The summed E-state index contributed by atoms with van der Waals surface area (Å²) in [5, 5.41) is 0. The van der Waals surface area contributed by atoms with Crippen molar-refractivity contribution in [2.45, 2.75) is 30.4 Å². The molecule has 1 aliphatic heterocycles. The Hall–Kier alpha value is -2.13. The smallest absolute Gasteiger partial charge is 0.347 e. The van der Waals surface area contributed by atoms with Gasteiger partial charge in [-0.2, -0.15) is 0 Å². The van der Waals surface area contributed by atoms with Crippen molar-refractivity contribution in [1.82, 2.24) is 4.72 Å². The molecule has 2 aromatic rings. The molecular formula is C19H23ClN2O5S. The Kier molecular flexibility index (Phi) is 7.42. The van der Waals surface area contributed by atoms with Gasteiger partial charge in [-0.1, -0.05) is 30.3 Å². The van der Waals surface area contributed by atoms with Crippen LogP contribution in [0.5, 0.6) is 5.75 Å². The van der Waals surface area contributed by atoms with E-state index in [4.69, 9.17) is 15.2 Å². The summed E-state index contributed by atoms with van der Waals surface area (Å²) in [5.41, 5.74) is 7.55. The predicted molar refractivity (Wildman–Crippen MR) is 107 cm³/mol. The summed E-state index contributed by atoms with van der Waals surface area (Å²) < 4.78 is 38.2. The van der Waals surface area contributed by atoms with Gasteiger partial charge < -0.3 is 15.2 Å². The van der Waals surface area contributed by atoms with Gasteiger partial charge in [0.15, 0.2) is 6.10 Å². The standard InChI is InChI=1S/C19H22N2O5S.ClH/c1-2-25-19(22)18-11-14-10-15(8-9-17(14)26-18)27(23,24)21-12-16(20)13-6-4-3-5-7-13;/h3-10,16,18,21H,2,11-12,20H2,1H3;1H. The summed E-state index contributed by atoms with van der Waals surface area (Å²) in [7, 11) is -3.73. The Labute approximate surface area is 170 Å². The van der Waals surface area contributed by atoms with Crippen LogP contribution in [0.4, 0.5) is 0 Å². The molecule has 3 N–H and O–H groups in total. The number of benzene rings is 2. The van der Waals surface area contributed by atoms with Crippen molar-refractivity contribution >= 4 is 28.4 Å². The lowest BCUT2D eigenvalue weighted by Gasteiger charge is -2.14. The Balaban J connectivity index is 0.00000280. The second-order valence-corrected chi connectivity index (χ2v) is 7.97. The van der Waals surface area contributed by atoms with Crippen LogP contribution in [0.15, 0.2) is 53.4 Å². The fourth-order valence-electron chi connectivity index (χ4n) is 2.86. The van der Waals surface area contributed by atoms with E-state index in [0.29, 0.717) is 11.3 Å². The van der Waals surface area contributed by atoms with Gasteiger partial charge in [-0.3, -0.25) is 0 Å². The van der Waals surface area contributed by atoms with Gasteiger partial charge in [0, 0.05) is 19.0 Å². The highest BCUT2D eigenvalue weighted by Crippen LogP contribution is 2.31. The number of esters is 1. The summed E-state index contributed by atoms with van der Waals surface area (Å²) in [6.07, 6.45) is -0.460. The first kappa shape index (κ1) is 22.2. The van der Waals surface area contributed by atoms with E-state index in [1.165, 1.54) is 12.1 Å². The van der Waals surface area contributed by atoms with Crippen molar-refractivity contribution in [3.05, 3.63) is 59.7 Å². The maximum absolute atomic E-state index is 12.6. The van der Waals surface area contributed by atoms with Crippen LogP contribution in [-0.4, -0.2) is 33.6 Å². The molecule has 152 valence electrons. The van der Waals surface area contributed by atoms with Crippen molar-refractivity contribution < 1.29 is 22.7 Å². The molecule has 1 aliphatic rings. The number of hydrogen-bond donors (Lipinski definition) is 2. The third-order valence-corrected chi connectivity index (χ3v) is 5.71. The number of rotatable bonds is 7. The first-order valence-corrected chi connectivity index (χ1v) is 10.2. The topological polar surface area (TPSA) is 108 Å². The fourth-order valence-corrected chi connectivity index (χ4v) is 3.97. The Morgan fingerprint density at radius 1 is 1.29 bits per heavy atom. The average Bonchev–Trinajstić information content (AvgIpc) is 3.10. The summed E-state index contributed by atoms with van der Waals surface area (Å²) in [5.74, 6) is 0.0399. The largest absolute Gasteiger partial charge is 0.478 e. The minimum Gasteiger partial charge on any atom is -0.478 e. The molecule has 2 atom stereocenters. The highest BCUT2D eigenvalue weighted by atomic mass is 35.5. The summed E-state index contributed by atoms with van der Waals surface area (Å²) >= 11 is 0. The maximum Gasteiger partial charge on any atom is 0.347 e. The number of carbonyl (C=O) groups is 1. The zero-order valence-electron chi connectivity index (χ0n) is 15.3. The van der Waals surface area contributed by atoms with Crippen LogP contribution < -0.4 is 15.2 Å². The Morgan fingerprint density at radius 3 is 2.68 bits per heavy atom. The van der Waals surface area contributed by atoms with Gasteiger partial charge >= 0.3 is 5.97 Å². The molecule has 0 amide bonds. The summed E-state index contributed by atoms with van der Waals surface area (Å²) in [6.45, 7) is 2.06. The number of nitrogens with one attached hydrogen (secondary N) is 1. The first-order chi connectivity index (χ1) is 12.9. The van der Waals surface area contributed by atoms with Gasteiger partial charge in [0.25, 0.3) is 0 Å². The molecule has 3 rings (SSSR count). The minimum absolute atomic E-state index is 0. The van der Waals surface area contributed by atoms with Crippen LogP contribution in [0.3, 0.4) is 0 Å². The maximum atomic E-state index is 12.6. The van der Waals surface area contributed by atoms with E-state index in [1.54, 1.807) is 13.0 Å². The molecule has 2 unspecified atom stereocenters. The van der Waals surface area contributed by atoms with Crippen molar-refractivity contribution in [2.75, 3.05) is 13.2 Å². The van der Waals surface area contributed by atoms with E-state index >= 15 is 0 Å². The third-order valence-electron chi connectivity index (χ3n) is 4.29. The monoisotopic (exact) mass is 426 g/mol. The second-order valence-electron chi connectivity index (χ2n) is 6.20. The van der Waals surface area contributed by atoms with Crippen LogP contribution in [0.25, 0.3) is 0 Å². The van der Waals surface area contributed by atoms with E-state index in [9.17, 15) is 13.2 Å². The Morgan fingerprint density at radius 2 is 2.00 bits per heavy atom. The van der Waals surface area contributed by atoms with E-state index in [0.717, 1.165) is 5.56 Å². The van der Waals surface area contributed by atoms with Crippen LogP contribution in [-0.2, 0) is 26.0 Å². The molecule has 0 aromatic heterocycles.